The number of halogens is 2. The zero-order valence-corrected chi connectivity index (χ0v) is 12.7. The van der Waals surface area contributed by atoms with Crippen molar-refractivity contribution in [1.29, 1.82) is 0 Å². The van der Waals surface area contributed by atoms with Crippen molar-refractivity contribution in [3.63, 3.8) is 0 Å². The number of nitrogens with one attached hydrogen (secondary N) is 1. The lowest BCUT2D eigenvalue weighted by Crippen LogP contribution is -1.99. The van der Waals surface area contributed by atoms with Gasteiger partial charge in [0.05, 0.1) is 17.9 Å². The van der Waals surface area contributed by atoms with E-state index in [0.717, 1.165) is 17.5 Å². The fourth-order valence-electron chi connectivity index (χ4n) is 2.10. The molecule has 114 valence electrons. The lowest BCUT2D eigenvalue weighted by Gasteiger charge is -2.07. The Morgan fingerprint density at radius 2 is 2.09 bits per heavy atom. The minimum absolute atomic E-state index is 0.0878. The molecule has 1 heterocycles. The highest BCUT2D eigenvalue weighted by Crippen LogP contribution is 2.26. The molecule has 0 radical (unpaired) electrons. The van der Waals surface area contributed by atoms with Gasteiger partial charge in [-0.25, -0.2) is 13.8 Å². The van der Waals surface area contributed by atoms with Gasteiger partial charge in [0.1, 0.15) is 16.3 Å². The van der Waals surface area contributed by atoms with E-state index < -0.39 is 11.6 Å². The molecule has 3 rings (SSSR count). The Bertz CT molecular complexity index is 804. The first kappa shape index (κ1) is 14.7. The highest BCUT2D eigenvalue weighted by Gasteiger charge is 2.12. The number of fused-ring (bicyclic) bond motifs is 1. The van der Waals surface area contributed by atoms with E-state index in [9.17, 15) is 8.78 Å². The number of ether oxygens (including phenoxy) is 1. The molecule has 0 spiro atoms. The molecular formula is C16H14F2N2OS. The number of aromatic nitrogens is 1. The molecule has 0 aliphatic rings. The van der Waals surface area contributed by atoms with Crippen molar-refractivity contribution in [3.05, 3.63) is 53.0 Å². The van der Waals surface area contributed by atoms with Crippen LogP contribution in [-0.4, -0.2) is 11.6 Å². The van der Waals surface area contributed by atoms with E-state index >= 15 is 0 Å². The van der Waals surface area contributed by atoms with E-state index in [-0.39, 0.29) is 5.52 Å². The Morgan fingerprint density at radius 3 is 2.91 bits per heavy atom. The standard InChI is InChI=1S/C16H14F2N2OS/c1-2-21-11-5-3-4-10(8-11)19-9-14-20-16-13(22-14)7-6-12(17)15(16)18/h3-8,19H,2,9H2,1H3. The number of benzene rings is 2. The van der Waals surface area contributed by atoms with Gasteiger partial charge in [-0.05, 0) is 31.2 Å². The summed E-state index contributed by atoms with van der Waals surface area (Å²) in [7, 11) is 0. The van der Waals surface area contributed by atoms with Crippen molar-refractivity contribution in [2.75, 3.05) is 11.9 Å². The van der Waals surface area contributed by atoms with E-state index in [0.29, 0.717) is 22.9 Å². The SMILES string of the molecule is CCOc1cccc(NCc2nc3c(F)c(F)ccc3s2)c1. The second-order valence-corrected chi connectivity index (χ2v) is 5.75. The van der Waals surface area contributed by atoms with Crippen LogP contribution in [0.25, 0.3) is 10.2 Å². The van der Waals surface area contributed by atoms with Crippen molar-refractivity contribution in [2.24, 2.45) is 0 Å². The molecule has 0 fully saturated rings. The Kier molecular flexibility index (Phi) is 4.20. The molecule has 0 aliphatic heterocycles. The monoisotopic (exact) mass is 320 g/mol. The quantitative estimate of drug-likeness (QED) is 0.747. The Hall–Kier alpha value is -2.21. The first-order chi connectivity index (χ1) is 10.7. The van der Waals surface area contributed by atoms with Gasteiger partial charge in [-0.1, -0.05) is 6.07 Å². The summed E-state index contributed by atoms with van der Waals surface area (Å²) in [6.07, 6.45) is 0. The summed E-state index contributed by atoms with van der Waals surface area (Å²) in [6.45, 7) is 2.97. The lowest BCUT2D eigenvalue weighted by atomic mass is 10.3. The molecule has 3 aromatic rings. The van der Waals surface area contributed by atoms with Gasteiger partial charge in [-0.2, -0.15) is 0 Å². The molecule has 0 amide bonds. The third-order valence-corrected chi connectivity index (χ3v) is 4.11. The highest BCUT2D eigenvalue weighted by molar-refractivity contribution is 7.18. The molecule has 0 aliphatic carbocycles. The largest absolute Gasteiger partial charge is 0.494 e. The van der Waals surface area contributed by atoms with Crippen molar-refractivity contribution in [1.82, 2.24) is 4.98 Å². The van der Waals surface area contributed by atoms with Crippen LogP contribution in [0.3, 0.4) is 0 Å². The number of hydrogen-bond donors (Lipinski definition) is 1. The van der Waals surface area contributed by atoms with Crippen molar-refractivity contribution < 1.29 is 13.5 Å². The summed E-state index contributed by atoms with van der Waals surface area (Å²) >= 11 is 1.34. The molecule has 1 aromatic heterocycles. The van der Waals surface area contributed by atoms with Gasteiger partial charge in [0.15, 0.2) is 11.6 Å². The molecule has 3 nitrogen and oxygen atoms in total. The lowest BCUT2D eigenvalue weighted by molar-refractivity contribution is 0.340. The number of hydrogen-bond acceptors (Lipinski definition) is 4. The molecule has 0 atom stereocenters. The van der Waals surface area contributed by atoms with Gasteiger partial charge in [-0.15, -0.1) is 11.3 Å². The molecule has 1 N–H and O–H groups in total. The maximum absolute atomic E-state index is 13.6. The van der Waals surface area contributed by atoms with Crippen LogP contribution in [0.4, 0.5) is 14.5 Å². The van der Waals surface area contributed by atoms with E-state index in [2.05, 4.69) is 10.3 Å². The second kappa shape index (κ2) is 6.27. The van der Waals surface area contributed by atoms with Crippen LogP contribution in [-0.2, 0) is 6.54 Å². The zero-order valence-electron chi connectivity index (χ0n) is 11.9. The van der Waals surface area contributed by atoms with Crippen LogP contribution in [0, 0.1) is 11.6 Å². The van der Waals surface area contributed by atoms with E-state index in [1.165, 1.54) is 11.3 Å². The third-order valence-electron chi connectivity index (χ3n) is 3.09. The van der Waals surface area contributed by atoms with Crippen LogP contribution >= 0.6 is 11.3 Å². The van der Waals surface area contributed by atoms with E-state index in [1.54, 1.807) is 6.07 Å². The number of anilines is 1. The summed E-state index contributed by atoms with van der Waals surface area (Å²) < 4.78 is 32.9. The summed E-state index contributed by atoms with van der Waals surface area (Å²) in [5, 5.41) is 3.90. The summed E-state index contributed by atoms with van der Waals surface area (Å²) in [6, 6.07) is 10.2. The van der Waals surface area contributed by atoms with Gasteiger partial charge in [0.25, 0.3) is 0 Å². The third kappa shape index (κ3) is 3.01. The smallest absolute Gasteiger partial charge is 0.185 e. The fourth-order valence-corrected chi connectivity index (χ4v) is 3.00. The number of thiazole rings is 1. The van der Waals surface area contributed by atoms with Crippen LogP contribution in [0.5, 0.6) is 5.75 Å². The molecule has 0 saturated heterocycles. The molecule has 0 unspecified atom stereocenters. The van der Waals surface area contributed by atoms with Gasteiger partial charge in [0, 0.05) is 11.8 Å². The van der Waals surface area contributed by atoms with Gasteiger partial charge < -0.3 is 10.1 Å². The minimum Gasteiger partial charge on any atom is -0.494 e. The minimum atomic E-state index is -0.890. The van der Waals surface area contributed by atoms with E-state index in [1.807, 2.05) is 31.2 Å². The number of nitrogens with zero attached hydrogens (tertiary/aromatic N) is 1. The highest BCUT2D eigenvalue weighted by atomic mass is 32.1. The fraction of sp³-hybridized carbons (Fsp3) is 0.188. The summed E-state index contributed by atoms with van der Waals surface area (Å²) in [5.74, 6) is -0.981. The Morgan fingerprint density at radius 1 is 1.23 bits per heavy atom. The molecule has 0 bridgehead atoms. The summed E-state index contributed by atoms with van der Waals surface area (Å²) in [4.78, 5) is 4.16. The predicted molar refractivity (Wildman–Crippen MR) is 84.5 cm³/mol. The maximum Gasteiger partial charge on any atom is 0.185 e. The average Bonchev–Trinajstić information content (AvgIpc) is 2.94. The summed E-state index contributed by atoms with van der Waals surface area (Å²) in [5.41, 5.74) is 0.974. The van der Waals surface area contributed by atoms with Crippen LogP contribution in [0.15, 0.2) is 36.4 Å². The second-order valence-electron chi connectivity index (χ2n) is 4.63. The van der Waals surface area contributed by atoms with Crippen molar-refractivity contribution >= 4 is 27.2 Å². The van der Waals surface area contributed by atoms with Gasteiger partial charge >= 0.3 is 0 Å². The zero-order chi connectivity index (χ0) is 15.5. The molecule has 6 heteroatoms. The molecule has 22 heavy (non-hydrogen) atoms. The molecular weight excluding hydrogens is 306 g/mol. The van der Waals surface area contributed by atoms with Crippen molar-refractivity contribution in [2.45, 2.75) is 13.5 Å². The van der Waals surface area contributed by atoms with Crippen molar-refractivity contribution in [3.8, 4) is 5.75 Å². The topological polar surface area (TPSA) is 34.1 Å². The van der Waals surface area contributed by atoms with Crippen LogP contribution < -0.4 is 10.1 Å². The first-order valence-electron chi connectivity index (χ1n) is 6.87. The first-order valence-corrected chi connectivity index (χ1v) is 7.69. The Balaban J connectivity index is 1.76. The number of rotatable bonds is 5. The van der Waals surface area contributed by atoms with Gasteiger partial charge in [0.2, 0.25) is 0 Å². The average molecular weight is 320 g/mol. The van der Waals surface area contributed by atoms with E-state index in [4.69, 9.17) is 4.74 Å². The van der Waals surface area contributed by atoms with Gasteiger partial charge in [-0.3, -0.25) is 0 Å². The van der Waals surface area contributed by atoms with Crippen LogP contribution in [0.2, 0.25) is 0 Å². The maximum atomic E-state index is 13.6. The van der Waals surface area contributed by atoms with Crippen LogP contribution in [0.1, 0.15) is 11.9 Å². The molecule has 0 saturated carbocycles. The molecule has 2 aromatic carbocycles. The Labute approximate surface area is 130 Å². The predicted octanol–water partition coefficient (Wildman–Crippen LogP) is 4.59. The normalized spacial score (nSPS) is 10.9.